The minimum Gasteiger partial charge on any atom is -0.325 e. The zero-order chi connectivity index (χ0) is 31.9. The van der Waals surface area contributed by atoms with Gasteiger partial charge >= 0.3 is 0 Å². The zero-order valence-electron chi connectivity index (χ0n) is 25.1. The normalized spacial score (nSPS) is 12.0. The Morgan fingerprint density at radius 2 is 1.30 bits per heavy atom. The van der Waals surface area contributed by atoms with E-state index in [0.29, 0.717) is 11.3 Å². The van der Waals surface area contributed by atoms with Gasteiger partial charge in [0.25, 0.3) is 11.8 Å². The highest BCUT2D eigenvalue weighted by atomic mass is 32.2. The zero-order valence-corrected chi connectivity index (χ0v) is 25.9. The van der Waals surface area contributed by atoms with Crippen LogP contribution in [0.15, 0.2) is 150 Å². The minimum atomic E-state index is -0.471. The van der Waals surface area contributed by atoms with Crippen molar-refractivity contribution in [2.75, 3.05) is 10.6 Å². The van der Waals surface area contributed by atoms with Gasteiger partial charge in [0.15, 0.2) is 0 Å². The number of anilines is 2. The van der Waals surface area contributed by atoms with Gasteiger partial charge in [-0.15, -0.1) is 11.8 Å². The topological polar surface area (TPSA) is 87.3 Å². The van der Waals surface area contributed by atoms with E-state index in [-0.39, 0.29) is 11.6 Å². The van der Waals surface area contributed by atoms with Crippen molar-refractivity contribution in [3.8, 4) is 0 Å². The van der Waals surface area contributed by atoms with Gasteiger partial charge in [0.05, 0.1) is 5.25 Å². The highest BCUT2D eigenvalue weighted by Gasteiger charge is 2.18. The van der Waals surface area contributed by atoms with Crippen LogP contribution in [0.25, 0.3) is 27.6 Å². The third-order valence-corrected chi connectivity index (χ3v) is 8.54. The van der Waals surface area contributed by atoms with E-state index in [0.717, 1.165) is 37.7 Å². The lowest BCUT2D eigenvalue weighted by Crippen LogP contribution is -2.30. The number of rotatable bonds is 9. The molecule has 46 heavy (non-hydrogen) atoms. The van der Waals surface area contributed by atoms with Crippen LogP contribution < -0.4 is 16.0 Å². The Balaban J connectivity index is 1.19. The number of hydrogen-bond acceptors (Lipinski definition) is 4. The molecule has 3 N–H and O–H groups in total. The summed E-state index contributed by atoms with van der Waals surface area (Å²) in [6, 6.07) is 43.6. The van der Waals surface area contributed by atoms with Crippen LogP contribution in [0.4, 0.5) is 11.4 Å². The lowest BCUT2D eigenvalue weighted by atomic mass is 10.0. The third kappa shape index (κ3) is 7.34. The summed E-state index contributed by atoms with van der Waals surface area (Å²) in [6.45, 7) is 1.84. The summed E-state index contributed by atoms with van der Waals surface area (Å²) in [4.78, 5) is 40.7. The molecule has 1 unspecified atom stereocenters. The fourth-order valence-corrected chi connectivity index (χ4v) is 6.01. The largest absolute Gasteiger partial charge is 0.325 e. The van der Waals surface area contributed by atoms with Crippen molar-refractivity contribution in [2.45, 2.75) is 17.1 Å². The first-order chi connectivity index (χ1) is 22.4. The number of amides is 3. The Hall–Kier alpha value is -5.66. The van der Waals surface area contributed by atoms with Crippen molar-refractivity contribution < 1.29 is 14.4 Å². The smallest absolute Gasteiger partial charge is 0.272 e. The van der Waals surface area contributed by atoms with E-state index in [4.69, 9.17) is 0 Å². The number of carbonyl (C=O) groups excluding carboxylic acids is 3. The second-order valence-electron chi connectivity index (χ2n) is 10.7. The molecule has 6 aromatic rings. The summed E-state index contributed by atoms with van der Waals surface area (Å²) in [5.74, 6) is -0.988. The molecule has 6 rings (SSSR count). The standard InChI is InChI=1S/C39H31N3O3S/c1-26(37(43)40-33-22-21-27-11-5-6-15-30(27)23-33)46-34-19-10-18-32(25-34)41-39(45)36(42-38(44)29-13-3-2-4-14-29)24-31-17-9-16-28-12-7-8-20-35(28)31/h2-26H,1H3,(H,40,43)(H,41,45)(H,42,44)/b36-24+. The van der Waals surface area contributed by atoms with Gasteiger partial charge in [0, 0.05) is 21.8 Å². The number of thioether (sulfide) groups is 1. The predicted octanol–water partition coefficient (Wildman–Crippen LogP) is 8.52. The van der Waals surface area contributed by atoms with Gasteiger partial charge in [-0.3, -0.25) is 14.4 Å². The molecule has 3 amide bonds. The molecule has 0 spiro atoms. The summed E-state index contributed by atoms with van der Waals surface area (Å²) in [5.41, 5.74) is 2.61. The first kappa shape index (κ1) is 30.4. The Labute approximate surface area is 271 Å². The number of carbonyl (C=O) groups is 3. The number of benzene rings is 6. The highest BCUT2D eigenvalue weighted by molar-refractivity contribution is 8.00. The predicted molar refractivity (Wildman–Crippen MR) is 189 cm³/mol. The molecule has 226 valence electrons. The van der Waals surface area contributed by atoms with Gasteiger partial charge in [-0.05, 0) is 82.6 Å². The highest BCUT2D eigenvalue weighted by Crippen LogP contribution is 2.28. The van der Waals surface area contributed by atoms with E-state index in [2.05, 4.69) is 16.0 Å². The Morgan fingerprint density at radius 3 is 2.13 bits per heavy atom. The fraction of sp³-hybridized carbons (Fsp3) is 0.0513. The maximum absolute atomic E-state index is 13.7. The monoisotopic (exact) mass is 621 g/mol. The molecule has 0 heterocycles. The van der Waals surface area contributed by atoms with E-state index >= 15 is 0 Å². The van der Waals surface area contributed by atoms with E-state index < -0.39 is 17.1 Å². The first-order valence-corrected chi connectivity index (χ1v) is 15.7. The third-order valence-electron chi connectivity index (χ3n) is 7.44. The molecule has 1 atom stereocenters. The van der Waals surface area contributed by atoms with Crippen molar-refractivity contribution >= 4 is 68.5 Å². The maximum atomic E-state index is 13.7. The van der Waals surface area contributed by atoms with Crippen LogP contribution >= 0.6 is 11.8 Å². The van der Waals surface area contributed by atoms with Gasteiger partial charge in [0.2, 0.25) is 5.91 Å². The Morgan fingerprint density at radius 1 is 0.630 bits per heavy atom. The lowest BCUT2D eigenvalue weighted by molar-refractivity contribution is -0.115. The van der Waals surface area contributed by atoms with Gasteiger partial charge < -0.3 is 16.0 Å². The second kappa shape index (κ2) is 14.0. The van der Waals surface area contributed by atoms with Crippen molar-refractivity contribution in [1.29, 1.82) is 0 Å². The summed E-state index contributed by atoms with van der Waals surface area (Å²) >= 11 is 1.39. The van der Waals surface area contributed by atoms with Crippen LogP contribution in [0.1, 0.15) is 22.8 Å². The van der Waals surface area contributed by atoms with E-state index in [1.54, 1.807) is 36.4 Å². The molecule has 6 nitrogen and oxygen atoms in total. The van der Waals surface area contributed by atoms with Crippen molar-refractivity contribution in [2.24, 2.45) is 0 Å². The number of hydrogen-bond donors (Lipinski definition) is 3. The lowest BCUT2D eigenvalue weighted by Gasteiger charge is -2.14. The van der Waals surface area contributed by atoms with Gasteiger partial charge in [0.1, 0.15) is 5.70 Å². The van der Waals surface area contributed by atoms with E-state index in [1.165, 1.54) is 11.8 Å². The molecule has 0 saturated heterocycles. The Kier molecular flexibility index (Phi) is 9.22. The van der Waals surface area contributed by atoms with Gasteiger partial charge in [-0.1, -0.05) is 97.1 Å². The molecule has 0 aliphatic carbocycles. The van der Waals surface area contributed by atoms with Crippen LogP contribution in [-0.4, -0.2) is 23.0 Å². The molecule has 6 aromatic carbocycles. The van der Waals surface area contributed by atoms with Crippen molar-refractivity contribution in [1.82, 2.24) is 5.32 Å². The van der Waals surface area contributed by atoms with Crippen LogP contribution in [0.5, 0.6) is 0 Å². The number of nitrogens with one attached hydrogen (secondary N) is 3. The molecule has 0 aromatic heterocycles. The molecule has 0 fully saturated rings. The average molecular weight is 622 g/mol. The quantitative estimate of drug-likeness (QED) is 0.112. The summed E-state index contributed by atoms with van der Waals surface area (Å²) in [5, 5.41) is 12.5. The molecule has 0 radical (unpaired) electrons. The van der Waals surface area contributed by atoms with E-state index in [1.807, 2.05) is 116 Å². The molecule has 0 saturated carbocycles. The average Bonchev–Trinajstić information content (AvgIpc) is 3.08. The first-order valence-electron chi connectivity index (χ1n) is 14.9. The number of fused-ring (bicyclic) bond motifs is 2. The maximum Gasteiger partial charge on any atom is 0.272 e. The SMILES string of the molecule is CC(Sc1cccc(NC(=O)/C(=C\c2cccc3ccccc23)NC(=O)c2ccccc2)c1)C(=O)Nc1ccc2ccccc2c1. The second-order valence-corrected chi connectivity index (χ2v) is 12.2. The molecule has 0 aliphatic rings. The van der Waals surface area contributed by atoms with Crippen LogP contribution in [0, 0.1) is 0 Å². The van der Waals surface area contributed by atoms with Crippen molar-refractivity contribution in [3.05, 3.63) is 156 Å². The van der Waals surface area contributed by atoms with Crippen LogP contribution in [0.2, 0.25) is 0 Å². The van der Waals surface area contributed by atoms with Crippen LogP contribution in [-0.2, 0) is 9.59 Å². The van der Waals surface area contributed by atoms with Gasteiger partial charge in [-0.2, -0.15) is 0 Å². The minimum absolute atomic E-state index is 0.103. The molecular formula is C39H31N3O3S. The summed E-state index contributed by atoms with van der Waals surface area (Å²) in [6.07, 6.45) is 1.69. The molecule has 0 aliphatic heterocycles. The summed E-state index contributed by atoms with van der Waals surface area (Å²) in [7, 11) is 0. The van der Waals surface area contributed by atoms with E-state index in [9.17, 15) is 14.4 Å². The summed E-state index contributed by atoms with van der Waals surface area (Å²) < 4.78 is 0. The fourth-order valence-electron chi connectivity index (χ4n) is 5.09. The Bertz CT molecular complexity index is 2090. The molecular weight excluding hydrogens is 591 g/mol. The van der Waals surface area contributed by atoms with Gasteiger partial charge in [-0.25, -0.2) is 0 Å². The molecule has 7 heteroatoms. The van der Waals surface area contributed by atoms with Crippen molar-refractivity contribution in [3.63, 3.8) is 0 Å². The molecule has 0 bridgehead atoms. The van der Waals surface area contributed by atoms with Crippen LogP contribution in [0.3, 0.4) is 0 Å².